The first-order valence-electron chi connectivity index (χ1n) is 12.1. The number of anilines is 2. The number of aliphatic carboxylic acids is 1. The molecular weight excluding hydrogens is 514 g/mol. The first-order valence-corrected chi connectivity index (χ1v) is 12.9. The second-order valence-corrected chi connectivity index (χ2v) is 9.94. The molecule has 0 saturated carbocycles. The van der Waals surface area contributed by atoms with E-state index in [1.165, 1.54) is 11.9 Å². The Morgan fingerprint density at radius 2 is 2.11 bits per heavy atom. The summed E-state index contributed by atoms with van der Waals surface area (Å²) >= 11 is 3.35. The van der Waals surface area contributed by atoms with Crippen LogP contribution in [-0.4, -0.2) is 93.5 Å². The number of carbonyl (C=O) groups is 1. The van der Waals surface area contributed by atoms with E-state index < -0.39 is 18.2 Å². The van der Waals surface area contributed by atoms with Crippen LogP contribution in [0.3, 0.4) is 0 Å². The van der Waals surface area contributed by atoms with E-state index in [-0.39, 0.29) is 0 Å². The van der Waals surface area contributed by atoms with Gasteiger partial charge in [-0.15, -0.1) is 0 Å². The Morgan fingerprint density at radius 3 is 2.86 bits per heavy atom. The van der Waals surface area contributed by atoms with Crippen LogP contribution in [0.15, 0.2) is 29.1 Å². The molecule has 10 nitrogen and oxygen atoms in total. The lowest BCUT2D eigenvalue weighted by Crippen LogP contribution is -2.43. The average Bonchev–Trinajstić information content (AvgIpc) is 2.84. The van der Waals surface area contributed by atoms with Gasteiger partial charge in [0.1, 0.15) is 30.2 Å². The molecule has 3 rings (SSSR count). The van der Waals surface area contributed by atoms with Gasteiger partial charge in [0, 0.05) is 31.5 Å². The maximum absolute atomic E-state index is 11.9. The van der Waals surface area contributed by atoms with E-state index >= 15 is 0 Å². The van der Waals surface area contributed by atoms with Crippen molar-refractivity contribution in [2.24, 2.45) is 0 Å². The van der Waals surface area contributed by atoms with Gasteiger partial charge >= 0.3 is 5.97 Å². The molecule has 3 heterocycles. The molecule has 0 bridgehead atoms. The summed E-state index contributed by atoms with van der Waals surface area (Å²) in [4.78, 5) is 28.5. The number of aliphatic hydroxyl groups is 1. The van der Waals surface area contributed by atoms with Gasteiger partial charge in [0.2, 0.25) is 0 Å². The van der Waals surface area contributed by atoms with Crippen LogP contribution < -0.4 is 10.6 Å². The third-order valence-electron chi connectivity index (χ3n) is 6.14. The zero-order valence-electron chi connectivity index (χ0n) is 20.5. The Hall–Kier alpha value is -2.34. The van der Waals surface area contributed by atoms with Crippen molar-refractivity contribution >= 4 is 33.5 Å². The number of nitrogens with one attached hydrogen (secondary N) is 2. The van der Waals surface area contributed by atoms with Crippen molar-refractivity contribution in [1.29, 1.82) is 0 Å². The third kappa shape index (κ3) is 8.68. The summed E-state index contributed by atoms with van der Waals surface area (Å²) in [6.07, 6.45) is 7.70. The summed E-state index contributed by atoms with van der Waals surface area (Å²) in [7, 11) is 3.65. The Bertz CT molecular complexity index is 962. The number of aliphatic hydroxyl groups excluding tert-OH is 1. The second kappa shape index (κ2) is 13.7. The molecule has 11 heteroatoms. The van der Waals surface area contributed by atoms with E-state index in [1.54, 1.807) is 11.1 Å². The predicted octanol–water partition coefficient (Wildman–Crippen LogP) is 2.45. The molecule has 1 aliphatic heterocycles. The topological polar surface area (TPSA) is 127 Å². The number of carboxylic acids is 1. The van der Waals surface area contributed by atoms with Gasteiger partial charge in [0.25, 0.3) is 0 Å². The zero-order chi connectivity index (χ0) is 25.2. The molecule has 1 aliphatic rings. The second-order valence-electron chi connectivity index (χ2n) is 9.09. The molecule has 0 aliphatic carbocycles. The molecule has 0 spiro atoms. The number of fused-ring (bicyclic) bond motifs is 1. The van der Waals surface area contributed by atoms with Gasteiger partial charge < -0.3 is 20.8 Å². The fraction of sp³-hybridized carbons (Fsp3) is 0.583. The molecule has 0 fully saturated rings. The molecule has 2 aromatic rings. The van der Waals surface area contributed by atoms with E-state index in [1.807, 2.05) is 14.1 Å². The number of rotatable bonds is 14. The van der Waals surface area contributed by atoms with Gasteiger partial charge in [-0.25, -0.2) is 19.7 Å². The molecule has 2 atom stereocenters. The minimum Gasteiger partial charge on any atom is -0.480 e. The van der Waals surface area contributed by atoms with Crippen LogP contribution in [0.4, 0.5) is 11.6 Å². The minimum absolute atomic E-state index is 0.365. The number of unbranched alkanes of at least 4 members (excludes halogenated alkanes) is 1. The van der Waals surface area contributed by atoms with E-state index in [9.17, 15) is 15.0 Å². The van der Waals surface area contributed by atoms with Crippen molar-refractivity contribution in [1.82, 2.24) is 24.8 Å². The monoisotopic (exact) mass is 549 g/mol. The highest BCUT2D eigenvalue weighted by Gasteiger charge is 2.21. The first kappa shape index (κ1) is 27.3. The Kier molecular flexibility index (Phi) is 10.6. The fourth-order valence-electron chi connectivity index (χ4n) is 3.99. The lowest BCUT2D eigenvalue weighted by Gasteiger charge is -2.29. The Balaban J connectivity index is 1.53. The zero-order valence-corrected chi connectivity index (χ0v) is 22.0. The van der Waals surface area contributed by atoms with Crippen molar-refractivity contribution in [3.05, 3.63) is 40.4 Å². The summed E-state index contributed by atoms with van der Waals surface area (Å²) in [5, 5.41) is 26.5. The van der Waals surface area contributed by atoms with Gasteiger partial charge in [0.05, 0.1) is 4.47 Å². The smallest absolute Gasteiger partial charge is 0.326 e. The quantitative estimate of drug-likeness (QED) is 0.206. The van der Waals surface area contributed by atoms with Crippen LogP contribution in [-0.2, 0) is 17.6 Å². The molecule has 192 valence electrons. The summed E-state index contributed by atoms with van der Waals surface area (Å²) in [6.45, 7) is 2.71. The number of hydrogen-bond donors (Lipinski definition) is 4. The molecule has 0 unspecified atom stereocenters. The third-order valence-corrected chi connectivity index (χ3v) is 6.72. The molecule has 0 radical (unpaired) electrons. The molecule has 0 aromatic carbocycles. The van der Waals surface area contributed by atoms with Crippen LogP contribution in [0.25, 0.3) is 0 Å². The number of aryl methyl sites for hydroxylation is 2. The maximum Gasteiger partial charge on any atom is 0.326 e. The van der Waals surface area contributed by atoms with Gasteiger partial charge in [-0.2, -0.15) is 0 Å². The number of aromatic nitrogens is 3. The van der Waals surface area contributed by atoms with Crippen LogP contribution >= 0.6 is 15.9 Å². The van der Waals surface area contributed by atoms with Gasteiger partial charge in [-0.1, -0.05) is 6.07 Å². The van der Waals surface area contributed by atoms with Gasteiger partial charge in [-0.3, -0.25) is 9.80 Å². The number of nitrogens with zero attached hydrogens (tertiary/aromatic N) is 5. The van der Waals surface area contributed by atoms with Crippen molar-refractivity contribution in [3.8, 4) is 0 Å². The van der Waals surface area contributed by atoms with Crippen molar-refractivity contribution < 1.29 is 15.0 Å². The van der Waals surface area contributed by atoms with E-state index in [0.717, 1.165) is 56.7 Å². The van der Waals surface area contributed by atoms with E-state index in [4.69, 9.17) is 4.98 Å². The molecule has 2 aromatic heterocycles. The Labute approximate surface area is 215 Å². The van der Waals surface area contributed by atoms with Crippen molar-refractivity contribution in [3.63, 3.8) is 0 Å². The normalized spacial score (nSPS) is 14.9. The average molecular weight is 551 g/mol. The maximum atomic E-state index is 11.9. The van der Waals surface area contributed by atoms with E-state index in [0.29, 0.717) is 29.8 Å². The Morgan fingerprint density at radius 1 is 1.29 bits per heavy atom. The fourth-order valence-corrected chi connectivity index (χ4v) is 4.33. The molecule has 35 heavy (non-hydrogen) atoms. The summed E-state index contributed by atoms with van der Waals surface area (Å²) in [6, 6.07) is 3.49. The molecule has 0 amide bonds. The van der Waals surface area contributed by atoms with Crippen molar-refractivity contribution in [2.45, 2.75) is 50.8 Å². The van der Waals surface area contributed by atoms with Crippen LogP contribution in [0.1, 0.15) is 36.9 Å². The number of carboxylic acid groups (broad SMARTS) is 1. The van der Waals surface area contributed by atoms with Gasteiger partial charge in [-0.05, 0) is 86.7 Å². The van der Waals surface area contributed by atoms with Crippen LogP contribution in [0, 0.1) is 0 Å². The summed E-state index contributed by atoms with van der Waals surface area (Å²) in [5.74, 6) is 0.516. The van der Waals surface area contributed by atoms with Crippen LogP contribution in [0.2, 0.25) is 0 Å². The number of hydrogen-bond acceptors (Lipinski definition) is 9. The highest BCUT2D eigenvalue weighted by atomic mass is 79.9. The minimum atomic E-state index is -0.948. The lowest BCUT2D eigenvalue weighted by atomic mass is 10.1. The van der Waals surface area contributed by atoms with Crippen molar-refractivity contribution in [2.75, 3.05) is 50.9 Å². The lowest BCUT2D eigenvalue weighted by molar-refractivity contribution is -0.138. The predicted molar refractivity (Wildman–Crippen MR) is 140 cm³/mol. The molecule has 4 N–H and O–H groups in total. The first-order chi connectivity index (χ1) is 16.8. The largest absolute Gasteiger partial charge is 0.480 e. The standard InChI is InChI=1S/C24H36BrN7O3/c1-31(2)21(33)15-32(13-10-20(24(34)35)30-23-19(25)14-26-16-28-23)12-4-3-7-18-9-8-17-6-5-11-27-22(17)29-18/h8-9,14,16,20-21,33H,3-7,10-13,15H2,1-2H3,(H,27,29)(H,34,35)(H,26,28,30)/t20-,21-/m0/s1. The molecular formula is C24H36BrN7O3. The van der Waals surface area contributed by atoms with E-state index in [2.05, 4.69) is 53.6 Å². The number of likely N-dealkylation sites (N-methyl/N-ethyl adjacent to an activating group) is 1. The molecule has 0 saturated heterocycles. The number of halogens is 1. The highest BCUT2D eigenvalue weighted by molar-refractivity contribution is 9.10. The summed E-state index contributed by atoms with van der Waals surface area (Å²) < 4.78 is 0.608. The summed E-state index contributed by atoms with van der Waals surface area (Å²) in [5.41, 5.74) is 2.38. The highest BCUT2D eigenvalue weighted by Crippen LogP contribution is 2.21. The van der Waals surface area contributed by atoms with Crippen LogP contribution in [0.5, 0.6) is 0 Å². The van der Waals surface area contributed by atoms with Gasteiger partial charge in [0.15, 0.2) is 0 Å². The number of pyridine rings is 1. The SMILES string of the molecule is CN(C)[C@@H](O)CN(CCCCc1ccc2c(n1)NCCC2)CC[C@H](Nc1ncncc1Br)C(=O)O.